The maximum absolute atomic E-state index is 5.61. The largest absolute Gasteiger partial charge is 0.486 e. The van der Waals surface area contributed by atoms with E-state index in [4.69, 9.17) is 21.7 Å². The first-order chi connectivity index (χ1) is 9.15. The molecule has 0 amide bonds. The van der Waals surface area contributed by atoms with Crippen LogP contribution in [0.25, 0.3) is 11.3 Å². The van der Waals surface area contributed by atoms with Gasteiger partial charge in [-0.3, -0.25) is 0 Å². The SMILES string of the molecule is Cc1nc(=S)c(C)c(-c2ccc3c(c2)OCCO3)[nH]1. The molecule has 0 atom stereocenters. The third-order valence-electron chi connectivity index (χ3n) is 3.10. The van der Waals surface area contributed by atoms with E-state index in [9.17, 15) is 0 Å². The van der Waals surface area contributed by atoms with Crippen LogP contribution in [0.5, 0.6) is 11.5 Å². The number of ether oxygens (including phenoxy) is 2. The van der Waals surface area contributed by atoms with E-state index >= 15 is 0 Å². The van der Waals surface area contributed by atoms with E-state index in [-0.39, 0.29) is 0 Å². The van der Waals surface area contributed by atoms with E-state index in [0.717, 1.165) is 34.1 Å². The molecule has 0 radical (unpaired) electrons. The van der Waals surface area contributed by atoms with E-state index in [2.05, 4.69) is 9.97 Å². The first kappa shape index (κ1) is 12.2. The van der Waals surface area contributed by atoms with Crippen LogP contribution < -0.4 is 9.47 Å². The number of nitrogens with one attached hydrogen (secondary N) is 1. The zero-order valence-electron chi connectivity index (χ0n) is 10.8. The van der Waals surface area contributed by atoms with E-state index < -0.39 is 0 Å². The number of rotatable bonds is 1. The molecule has 1 aromatic carbocycles. The van der Waals surface area contributed by atoms with Gasteiger partial charge in [-0.05, 0) is 32.0 Å². The molecule has 4 nitrogen and oxygen atoms in total. The number of benzene rings is 1. The summed E-state index contributed by atoms with van der Waals surface area (Å²) in [6.45, 7) is 5.05. The Hall–Kier alpha value is -1.88. The highest BCUT2D eigenvalue weighted by molar-refractivity contribution is 7.71. The highest BCUT2D eigenvalue weighted by Crippen LogP contribution is 2.34. The molecule has 98 valence electrons. The molecular formula is C14H14N2O2S. The van der Waals surface area contributed by atoms with Gasteiger partial charge in [-0.15, -0.1) is 0 Å². The van der Waals surface area contributed by atoms with Crippen LogP contribution in [-0.2, 0) is 0 Å². The summed E-state index contributed by atoms with van der Waals surface area (Å²) in [5.41, 5.74) is 2.98. The van der Waals surface area contributed by atoms with Gasteiger partial charge in [0.05, 0.1) is 5.69 Å². The zero-order valence-corrected chi connectivity index (χ0v) is 11.6. The first-order valence-corrected chi connectivity index (χ1v) is 6.53. The second-order valence-electron chi connectivity index (χ2n) is 4.49. The highest BCUT2D eigenvalue weighted by Gasteiger charge is 2.14. The van der Waals surface area contributed by atoms with E-state index in [1.165, 1.54) is 0 Å². The monoisotopic (exact) mass is 274 g/mol. The van der Waals surface area contributed by atoms with Crippen molar-refractivity contribution in [3.63, 3.8) is 0 Å². The van der Waals surface area contributed by atoms with E-state index in [0.29, 0.717) is 17.9 Å². The molecule has 3 rings (SSSR count). The van der Waals surface area contributed by atoms with Gasteiger partial charge >= 0.3 is 0 Å². The second kappa shape index (κ2) is 4.66. The summed E-state index contributed by atoms with van der Waals surface area (Å²) in [7, 11) is 0. The van der Waals surface area contributed by atoms with Gasteiger partial charge in [0, 0.05) is 11.1 Å². The van der Waals surface area contributed by atoms with Crippen LogP contribution in [0.4, 0.5) is 0 Å². The van der Waals surface area contributed by atoms with Crippen LogP contribution in [0.1, 0.15) is 11.4 Å². The summed E-state index contributed by atoms with van der Waals surface area (Å²) < 4.78 is 11.8. The van der Waals surface area contributed by atoms with Crippen molar-refractivity contribution in [1.82, 2.24) is 9.97 Å². The topological polar surface area (TPSA) is 47.1 Å². The minimum Gasteiger partial charge on any atom is -0.486 e. The van der Waals surface area contributed by atoms with Gasteiger partial charge in [0.2, 0.25) is 0 Å². The maximum atomic E-state index is 5.61. The maximum Gasteiger partial charge on any atom is 0.162 e. The van der Waals surface area contributed by atoms with Crippen molar-refractivity contribution >= 4 is 12.2 Å². The van der Waals surface area contributed by atoms with Crippen molar-refractivity contribution in [2.75, 3.05) is 13.2 Å². The lowest BCUT2D eigenvalue weighted by Gasteiger charge is -2.19. The van der Waals surface area contributed by atoms with Gasteiger partial charge in [-0.1, -0.05) is 12.2 Å². The van der Waals surface area contributed by atoms with Crippen LogP contribution in [0.3, 0.4) is 0 Å². The average Bonchev–Trinajstić information content (AvgIpc) is 2.42. The van der Waals surface area contributed by atoms with Gasteiger partial charge in [0.1, 0.15) is 23.7 Å². The standard InChI is InChI=1S/C14H14N2O2S/c1-8-13(15-9(2)16-14(8)19)10-3-4-11-12(7-10)18-6-5-17-11/h3-4,7H,5-6H2,1-2H3,(H,15,16,19). The lowest BCUT2D eigenvalue weighted by atomic mass is 10.1. The Balaban J connectivity index is 2.15. The molecule has 0 saturated carbocycles. The molecule has 0 spiro atoms. The normalized spacial score (nSPS) is 13.4. The Morgan fingerprint density at radius 1 is 1.16 bits per heavy atom. The van der Waals surface area contributed by atoms with Crippen molar-refractivity contribution in [3.05, 3.63) is 34.2 Å². The summed E-state index contributed by atoms with van der Waals surface area (Å²) in [5, 5.41) is 0. The smallest absolute Gasteiger partial charge is 0.162 e. The predicted molar refractivity (Wildman–Crippen MR) is 75.3 cm³/mol. The number of aromatic amines is 1. The molecule has 1 aliphatic heterocycles. The number of nitrogens with zero attached hydrogens (tertiary/aromatic N) is 1. The molecular weight excluding hydrogens is 260 g/mol. The molecule has 1 N–H and O–H groups in total. The van der Waals surface area contributed by atoms with Gasteiger partial charge < -0.3 is 14.5 Å². The van der Waals surface area contributed by atoms with Crippen molar-refractivity contribution in [1.29, 1.82) is 0 Å². The molecule has 0 unspecified atom stereocenters. The quantitative estimate of drug-likeness (QED) is 0.811. The van der Waals surface area contributed by atoms with Crippen molar-refractivity contribution in [2.24, 2.45) is 0 Å². The van der Waals surface area contributed by atoms with Crippen LogP contribution in [0.15, 0.2) is 18.2 Å². The Morgan fingerprint density at radius 2 is 1.89 bits per heavy atom. The molecule has 19 heavy (non-hydrogen) atoms. The fourth-order valence-electron chi connectivity index (χ4n) is 2.13. The minimum absolute atomic E-state index is 0.584. The molecule has 2 aromatic rings. The number of H-pyrrole nitrogens is 1. The van der Waals surface area contributed by atoms with Crippen LogP contribution >= 0.6 is 12.2 Å². The van der Waals surface area contributed by atoms with Crippen LogP contribution in [0, 0.1) is 18.5 Å². The lowest BCUT2D eigenvalue weighted by Crippen LogP contribution is -2.15. The molecule has 1 aliphatic rings. The van der Waals surface area contributed by atoms with Crippen molar-refractivity contribution in [2.45, 2.75) is 13.8 Å². The Kier molecular flexibility index (Phi) is 2.98. The lowest BCUT2D eigenvalue weighted by molar-refractivity contribution is 0.171. The third-order valence-corrected chi connectivity index (χ3v) is 3.50. The van der Waals surface area contributed by atoms with Crippen molar-refractivity contribution in [3.8, 4) is 22.8 Å². The fourth-order valence-corrected chi connectivity index (χ4v) is 2.37. The van der Waals surface area contributed by atoms with E-state index in [1.807, 2.05) is 32.0 Å². The minimum atomic E-state index is 0.584. The summed E-state index contributed by atoms with van der Waals surface area (Å²) in [5.74, 6) is 2.37. The molecule has 0 bridgehead atoms. The molecule has 0 fully saturated rings. The second-order valence-corrected chi connectivity index (χ2v) is 4.87. The van der Waals surface area contributed by atoms with Crippen LogP contribution in [0.2, 0.25) is 0 Å². The Bertz CT molecular complexity index is 694. The number of hydrogen-bond donors (Lipinski definition) is 1. The van der Waals surface area contributed by atoms with Crippen molar-refractivity contribution < 1.29 is 9.47 Å². The molecule has 0 saturated heterocycles. The number of aryl methyl sites for hydroxylation is 1. The number of aromatic nitrogens is 2. The molecule has 0 aliphatic carbocycles. The predicted octanol–water partition coefficient (Wildman–Crippen LogP) is 3.19. The van der Waals surface area contributed by atoms with Gasteiger partial charge in [0.25, 0.3) is 0 Å². The Labute approximate surface area is 116 Å². The molecule has 2 heterocycles. The highest BCUT2D eigenvalue weighted by atomic mass is 32.1. The van der Waals surface area contributed by atoms with E-state index in [1.54, 1.807) is 0 Å². The van der Waals surface area contributed by atoms with Crippen LogP contribution in [-0.4, -0.2) is 23.2 Å². The third kappa shape index (κ3) is 2.21. The van der Waals surface area contributed by atoms with Gasteiger partial charge in [0.15, 0.2) is 11.5 Å². The molecule has 5 heteroatoms. The van der Waals surface area contributed by atoms with Gasteiger partial charge in [-0.25, -0.2) is 4.98 Å². The average molecular weight is 274 g/mol. The summed E-state index contributed by atoms with van der Waals surface area (Å²) in [6, 6.07) is 5.90. The summed E-state index contributed by atoms with van der Waals surface area (Å²) >= 11 is 5.26. The van der Waals surface area contributed by atoms with Gasteiger partial charge in [-0.2, -0.15) is 0 Å². The fraction of sp³-hybridized carbons (Fsp3) is 0.286. The number of hydrogen-bond acceptors (Lipinski definition) is 4. The molecule has 1 aromatic heterocycles. The first-order valence-electron chi connectivity index (χ1n) is 6.12. The summed E-state index contributed by atoms with van der Waals surface area (Å²) in [4.78, 5) is 7.52. The zero-order chi connectivity index (χ0) is 13.4. The Morgan fingerprint density at radius 3 is 2.68 bits per heavy atom. The number of fused-ring (bicyclic) bond motifs is 1. The summed E-state index contributed by atoms with van der Waals surface area (Å²) in [6.07, 6.45) is 0.